The molecule has 1 atom stereocenters. The molecule has 9 heteroatoms. The molecule has 0 bridgehead atoms. The van der Waals surface area contributed by atoms with Gasteiger partial charge in [0, 0.05) is 61.3 Å². The zero-order valence-electron chi connectivity index (χ0n) is 20.5. The molecule has 2 aliphatic heterocycles. The zero-order chi connectivity index (χ0) is 25.4. The van der Waals surface area contributed by atoms with E-state index in [0.717, 1.165) is 53.7 Å². The van der Waals surface area contributed by atoms with Crippen LogP contribution in [0, 0.1) is 17.6 Å². The van der Waals surface area contributed by atoms with Gasteiger partial charge in [-0.15, -0.1) is 0 Å². The van der Waals surface area contributed by atoms with Crippen molar-refractivity contribution in [3.8, 4) is 5.75 Å². The third-order valence-electron chi connectivity index (χ3n) is 7.67. The van der Waals surface area contributed by atoms with Crippen LogP contribution in [-0.2, 0) is 0 Å². The van der Waals surface area contributed by atoms with Gasteiger partial charge in [0.05, 0.1) is 18.3 Å². The first-order valence-corrected chi connectivity index (χ1v) is 12.9. The van der Waals surface area contributed by atoms with Crippen LogP contribution in [0.25, 0.3) is 21.9 Å². The summed E-state index contributed by atoms with van der Waals surface area (Å²) in [6.45, 7) is 2.97. The molecule has 1 unspecified atom stereocenters. The van der Waals surface area contributed by atoms with Crippen molar-refractivity contribution in [1.82, 2.24) is 24.8 Å². The Morgan fingerprint density at radius 1 is 1.05 bits per heavy atom. The normalized spacial score (nSPS) is 19.0. The molecule has 1 N–H and O–H groups in total. The SMILES string of the molecule is O=C(N1CCC(c2cnc3ncc4[nH]cccc4c23)CC1)N1CCCC(COc2ccc(F)cc2F)C1. The average Bonchev–Trinajstić information content (AvgIpc) is 3.37. The van der Waals surface area contributed by atoms with Crippen molar-refractivity contribution < 1.29 is 18.3 Å². The predicted molar refractivity (Wildman–Crippen MR) is 136 cm³/mol. The van der Waals surface area contributed by atoms with Crippen molar-refractivity contribution in [2.45, 2.75) is 31.6 Å². The van der Waals surface area contributed by atoms with E-state index in [4.69, 9.17) is 4.74 Å². The summed E-state index contributed by atoms with van der Waals surface area (Å²) < 4.78 is 32.7. The van der Waals surface area contributed by atoms with E-state index in [-0.39, 0.29) is 17.7 Å². The van der Waals surface area contributed by atoms with E-state index in [2.05, 4.69) is 21.0 Å². The molecule has 6 rings (SSSR count). The molecule has 0 radical (unpaired) electrons. The molecule has 0 aliphatic carbocycles. The predicted octanol–water partition coefficient (Wildman–Crippen LogP) is 5.48. The Hall–Kier alpha value is -3.75. The number of aromatic nitrogens is 3. The number of likely N-dealkylation sites (tertiary alicyclic amines) is 2. The number of ether oxygens (including phenoxy) is 1. The van der Waals surface area contributed by atoms with Gasteiger partial charge in [-0.05, 0) is 55.4 Å². The highest BCUT2D eigenvalue weighted by atomic mass is 19.1. The highest BCUT2D eigenvalue weighted by molar-refractivity contribution is 6.05. The molecule has 0 spiro atoms. The third-order valence-corrected chi connectivity index (χ3v) is 7.67. The highest BCUT2D eigenvalue weighted by Gasteiger charge is 2.31. The second-order valence-electron chi connectivity index (χ2n) is 10.1. The molecule has 5 heterocycles. The molecule has 4 aromatic rings. The van der Waals surface area contributed by atoms with Crippen molar-refractivity contribution in [3.05, 3.63) is 66.1 Å². The second-order valence-corrected chi connectivity index (χ2v) is 10.1. The molecule has 1 aromatic carbocycles. The first-order valence-electron chi connectivity index (χ1n) is 12.9. The lowest BCUT2D eigenvalue weighted by atomic mass is 9.88. The Morgan fingerprint density at radius 3 is 2.73 bits per heavy atom. The van der Waals surface area contributed by atoms with Crippen molar-refractivity contribution in [3.63, 3.8) is 0 Å². The number of pyridine rings is 2. The topological polar surface area (TPSA) is 74.4 Å². The van der Waals surface area contributed by atoms with Gasteiger partial charge >= 0.3 is 6.03 Å². The highest BCUT2D eigenvalue weighted by Crippen LogP contribution is 2.36. The summed E-state index contributed by atoms with van der Waals surface area (Å²) in [4.78, 5) is 29.5. The van der Waals surface area contributed by atoms with Crippen molar-refractivity contribution in [2.24, 2.45) is 5.92 Å². The van der Waals surface area contributed by atoms with E-state index in [9.17, 15) is 13.6 Å². The zero-order valence-corrected chi connectivity index (χ0v) is 20.5. The number of nitrogens with one attached hydrogen (secondary N) is 1. The fourth-order valence-electron chi connectivity index (χ4n) is 5.73. The minimum absolute atomic E-state index is 0.0438. The van der Waals surface area contributed by atoms with Gasteiger partial charge in [0.15, 0.2) is 17.2 Å². The van der Waals surface area contributed by atoms with E-state index in [1.54, 1.807) is 0 Å². The fourth-order valence-corrected chi connectivity index (χ4v) is 5.73. The minimum atomic E-state index is -0.707. The van der Waals surface area contributed by atoms with E-state index in [1.165, 1.54) is 17.7 Å². The molecule has 192 valence electrons. The summed E-state index contributed by atoms with van der Waals surface area (Å²) in [5.41, 5.74) is 2.97. The molecule has 2 amide bonds. The lowest BCUT2D eigenvalue weighted by Crippen LogP contribution is -2.50. The number of benzene rings is 1. The van der Waals surface area contributed by atoms with Gasteiger partial charge in [0.2, 0.25) is 0 Å². The summed E-state index contributed by atoms with van der Waals surface area (Å²) in [7, 11) is 0. The second kappa shape index (κ2) is 9.95. The lowest BCUT2D eigenvalue weighted by Gasteiger charge is -2.39. The number of piperidine rings is 2. The van der Waals surface area contributed by atoms with Gasteiger partial charge in [-0.3, -0.25) is 0 Å². The van der Waals surface area contributed by atoms with Gasteiger partial charge in [0.1, 0.15) is 5.82 Å². The summed E-state index contributed by atoms with van der Waals surface area (Å²) >= 11 is 0. The molecule has 2 fully saturated rings. The fraction of sp³-hybridized carbons (Fsp3) is 0.393. The van der Waals surface area contributed by atoms with Crippen LogP contribution in [0.15, 0.2) is 48.9 Å². The number of halogens is 2. The first-order chi connectivity index (χ1) is 18.1. The lowest BCUT2D eigenvalue weighted by molar-refractivity contribution is 0.104. The van der Waals surface area contributed by atoms with Crippen LogP contribution in [0.5, 0.6) is 5.75 Å². The van der Waals surface area contributed by atoms with E-state index in [0.29, 0.717) is 38.7 Å². The molecule has 7 nitrogen and oxygen atoms in total. The van der Waals surface area contributed by atoms with Crippen LogP contribution in [0.2, 0.25) is 0 Å². The Kier molecular flexibility index (Phi) is 6.36. The smallest absolute Gasteiger partial charge is 0.320 e. The number of carbonyl (C=O) groups excluding carboxylic acids is 1. The van der Waals surface area contributed by atoms with E-state index < -0.39 is 11.6 Å². The Balaban J connectivity index is 1.07. The number of hydrogen-bond donors (Lipinski definition) is 1. The molecule has 2 saturated heterocycles. The number of rotatable bonds is 4. The Labute approximate surface area is 213 Å². The largest absolute Gasteiger partial charge is 0.490 e. The third kappa shape index (κ3) is 4.70. The summed E-state index contributed by atoms with van der Waals surface area (Å²) in [6, 6.07) is 7.46. The van der Waals surface area contributed by atoms with Gasteiger partial charge < -0.3 is 19.5 Å². The number of aromatic amines is 1. The molecular formula is C28H29F2N5O2. The van der Waals surface area contributed by atoms with Crippen molar-refractivity contribution in [2.75, 3.05) is 32.8 Å². The quantitative estimate of drug-likeness (QED) is 0.399. The number of nitrogens with zero attached hydrogens (tertiary/aromatic N) is 4. The van der Waals surface area contributed by atoms with Crippen LogP contribution in [0.4, 0.5) is 13.6 Å². The standard InChI is InChI=1S/C28H29F2N5O2/c29-20-5-6-25(23(30)13-20)37-17-18-3-2-10-35(16-18)28(36)34-11-7-19(8-12-34)22-14-32-27-26(22)21-4-1-9-31-24(21)15-33-27/h1,4-6,9,13-15,18-19,31H,2-3,7-8,10-12,16-17H2. The van der Waals surface area contributed by atoms with Gasteiger partial charge in [-0.25, -0.2) is 23.5 Å². The number of urea groups is 1. The number of fused-ring (bicyclic) bond motifs is 3. The maximum absolute atomic E-state index is 13.9. The van der Waals surface area contributed by atoms with Crippen LogP contribution >= 0.6 is 0 Å². The summed E-state index contributed by atoms with van der Waals surface area (Å²) in [5, 5.41) is 2.23. The average molecular weight is 506 g/mol. The Morgan fingerprint density at radius 2 is 1.89 bits per heavy atom. The maximum Gasteiger partial charge on any atom is 0.320 e. The molecule has 0 saturated carbocycles. The molecule has 2 aliphatic rings. The monoisotopic (exact) mass is 505 g/mol. The van der Waals surface area contributed by atoms with Crippen LogP contribution in [0.3, 0.4) is 0 Å². The van der Waals surface area contributed by atoms with Crippen LogP contribution in [-0.4, -0.2) is 63.6 Å². The van der Waals surface area contributed by atoms with Gasteiger partial charge in [0.25, 0.3) is 0 Å². The number of carbonyl (C=O) groups is 1. The van der Waals surface area contributed by atoms with Gasteiger partial charge in [-0.2, -0.15) is 0 Å². The first kappa shape index (κ1) is 23.6. The molecule has 37 heavy (non-hydrogen) atoms. The minimum Gasteiger partial charge on any atom is -0.490 e. The number of amides is 2. The Bertz CT molecular complexity index is 1430. The maximum atomic E-state index is 13.9. The number of H-pyrrole nitrogens is 1. The van der Waals surface area contributed by atoms with Crippen molar-refractivity contribution >= 4 is 28.0 Å². The van der Waals surface area contributed by atoms with Gasteiger partial charge in [-0.1, -0.05) is 6.07 Å². The number of hydrogen-bond acceptors (Lipinski definition) is 4. The van der Waals surface area contributed by atoms with E-state index >= 15 is 0 Å². The van der Waals surface area contributed by atoms with Crippen molar-refractivity contribution in [1.29, 1.82) is 0 Å². The summed E-state index contributed by atoms with van der Waals surface area (Å²) in [6.07, 6.45) is 9.21. The molecule has 3 aromatic heterocycles. The van der Waals surface area contributed by atoms with E-state index in [1.807, 2.05) is 34.5 Å². The van der Waals surface area contributed by atoms with Crippen LogP contribution < -0.4 is 4.74 Å². The van der Waals surface area contributed by atoms with Crippen LogP contribution in [0.1, 0.15) is 37.2 Å². The molecular weight excluding hydrogens is 476 g/mol. The summed E-state index contributed by atoms with van der Waals surface area (Å²) in [5.74, 6) is -0.855.